The molecule has 2 rings (SSSR count). The molecule has 0 bridgehead atoms. The summed E-state index contributed by atoms with van der Waals surface area (Å²) in [6.07, 6.45) is 3.18. The Morgan fingerprint density at radius 1 is 0.857 bits per heavy atom. The average molecular weight is 285 g/mol. The number of ether oxygens (including phenoxy) is 2. The van der Waals surface area contributed by atoms with Gasteiger partial charge in [0.05, 0.1) is 6.61 Å². The maximum Gasteiger partial charge on any atom is 0.127 e. The van der Waals surface area contributed by atoms with Crippen LogP contribution in [0, 0.1) is 0 Å². The van der Waals surface area contributed by atoms with Crippen molar-refractivity contribution >= 4 is 0 Å². The molecule has 2 aromatic carbocycles. The monoisotopic (exact) mass is 285 g/mol. The van der Waals surface area contributed by atoms with Crippen LogP contribution in [0.4, 0.5) is 0 Å². The van der Waals surface area contributed by atoms with Gasteiger partial charge in [-0.15, -0.1) is 0 Å². The van der Waals surface area contributed by atoms with Crippen LogP contribution in [0.5, 0.6) is 17.2 Å². The van der Waals surface area contributed by atoms with Gasteiger partial charge in [-0.1, -0.05) is 18.2 Å². The second-order valence-corrected chi connectivity index (χ2v) is 5.21. The van der Waals surface area contributed by atoms with Gasteiger partial charge in [0.2, 0.25) is 0 Å². The third-order valence-electron chi connectivity index (χ3n) is 3.13. The van der Waals surface area contributed by atoms with E-state index < -0.39 is 0 Å². The largest absolute Gasteiger partial charge is 0.494 e. The van der Waals surface area contributed by atoms with Crippen molar-refractivity contribution in [3.8, 4) is 17.2 Å². The highest BCUT2D eigenvalue weighted by Gasteiger charge is 1.99. The fraction of sp³-hybridized carbons (Fsp3) is 0.333. The molecule has 3 heteroatoms. The number of hydrogen-bond donors (Lipinski definition) is 1. The van der Waals surface area contributed by atoms with Crippen molar-refractivity contribution in [2.75, 3.05) is 6.61 Å². The molecule has 0 spiro atoms. The topological polar surface area (TPSA) is 44.5 Å². The van der Waals surface area contributed by atoms with Crippen molar-refractivity contribution < 1.29 is 9.47 Å². The Kier molecular flexibility index (Phi) is 6.10. The molecule has 0 aliphatic heterocycles. The fourth-order valence-electron chi connectivity index (χ4n) is 1.99. The Labute approximate surface area is 126 Å². The highest BCUT2D eigenvalue weighted by Crippen LogP contribution is 2.23. The van der Waals surface area contributed by atoms with Gasteiger partial charge in [0.1, 0.15) is 17.2 Å². The van der Waals surface area contributed by atoms with Gasteiger partial charge in [-0.25, -0.2) is 0 Å². The first-order valence-electron chi connectivity index (χ1n) is 7.45. The lowest BCUT2D eigenvalue weighted by Crippen LogP contribution is -2.14. The first-order valence-corrected chi connectivity index (χ1v) is 7.45. The maximum absolute atomic E-state index is 5.73. The van der Waals surface area contributed by atoms with Crippen LogP contribution < -0.4 is 15.2 Å². The van der Waals surface area contributed by atoms with Crippen molar-refractivity contribution in [2.45, 2.75) is 32.2 Å². The lowest BCUT2D eigenvalue weighted by Gasteiger charge is -2.09. The molecule has 2 N–H and O–H groups in total. The van der Waals surface area contributed by atoms with Gasteiger partial charge in [0, 0.05) is 6.04 Å². The Bertz CT molecular complexity index is 509. The summed E-state index contributed by atoms with van der Waals surface area (Å²) in [5.41, 5.74) is 5.71. The van der Waals surface area contributed by atoms with E-state index in [9.17, 15) is 0 Å². The predicted molar refractivity (Wildman–Crippen MR) is 86.0 cm³/mol. The molecule has 0 saturated heterocycles. The van der Waals surface area contributed by atoms with Gasteiger partial charge in [-0.05, 0) is 62.6 Å². The molecule has 112 valence electrons. The Hall–Kier alpha value is -2.00. The molecule has 1 atom stereocenters. The summed E-state index contributed by atoms with van der Waals surface area (Å²) in [5, 5.41) is 0. The first-order chi connectivity index (χ1) is 10.2. The standard InChI is InChI=1S/C18H23NO2/c1-15(19)7-5-6-14-20-16-10-12-18(13-11-16)21-17-8-3-2-4-9-17/h2-4,8-13,15H,5-7,14,19H2,1H3. The zero-order valence-corrected chi connectivity index (χ0v) is 12.5. The summed E-state index contributed by atoms with van der Waals surface area (Å²) in [6, 6.07) is 17.7. The minimum atomic E-state index is 0.277. The second kappa shape index (κ2) is 8.32. The number of hydrogen-bond acceptors (Lipinski definition) is 3. The van der Waals surface area contributed by atoms with Crippen molar-refractivity contribution in [2.24, 2.45) is 5.73 Å². The van der Waals surface area contributed by atoms with Crippen LogP contribution in [-0.2, 0) is 0 Å². The van der Waals surface area contributed by atoms with E-state index in [2.05, 4.69) is 0 Å². The molecular weight excluding hydrogens is 262 g/mol. The maximum atomic E-state index is 5.73. The number of rotatable bonds is 8. The first kappa shape index (κ1) is 15.4. The van der Waals surface area contributed by atoms with E-state index >= 15 is 0 Å². The van der Waals surface area contributed by atoms with Crippen molar-refractivity contribution in [1.82, 2.24) is 0 Å². The quantitative estimate of drug-likeness (QED) is 0.732. The molecule has 0 aliphatic carbocycles. The van der Waals surface area contributed by atoms with Crippen molar-refractivity contribution in [3.63, 3.8) is 0 Å². The summed E-state index contributed by atoms with van der Waals surface area (Å²) in [6.45, 7) is 2.76. The van der Waals surface area contributed by atoms with Crippen LogP contribution in [0.3, 0.4) is 0 Å². The molecule has 0 fully saturated rings. The third kappa shape index (κ3) is 5.88. The number of nitrogens with two attached hydrogens (primary N) is 1. The molecule has 0 saturated carbocycles. The van der Waals surface area contributed by atoms with E-state index in [0.717, 1.165) is 43.1 Å². The van der Waals surface area contributed by atoms with Gasteiger partial charge in [-0.2, -0.15) is 0 Å². The molecular formula is C18H23NO2. The molecule has 0 aliphatic rings. The van der Waals surface area contributed by atoms with E-state index in [1.165, 1.54) is 0 Å². The Morgan fingerprint density at radius 3 is 2.14 bits per heavy atom. The fourth-order valence-corrected chi connectivity index (χ4v) is 1.99. The van der Waals surface area contributed by atoms with E-state index in [0.29, 0.717) is 0 Å². The van der Waals surface area contributed by atoms with E-state index in [1.54, 1.807) is 0 Å². The van der Waals surface area contributed by atoms with Gasteiger partial charge >= 0.3 is 0 Å². The third-order valence-corrected chi connectivity index (χ3v) is 3.13. The Balaban J connectivity index is 1.74. The zero-order valence-electron chi connectivity index (χ0n) is 12.5. The number of benzene rings is 2. The van der Waals surface area contributed by atoms with Crippen LogP contribution >= 0.6 is 0 Å². The summed E-state index contributed by atoms with van der Waals surface area (Å²) < 4.78 is 11.4. The van der Waals surface area contributed by atoms with Gasteiger partial charge in [-0.3, -0.25) is 0 Å². The van der Waals surface area contributed by atoms with Crippen LogP contribution in [0.2, 0.25) is 0 Å². The second-order valence-electron chi connectivity index (χ2n) is 5.21. The molecule has 0 radical (unpaired) electrons. The summed E-state index contributed by atoms with van der Waals surface area (Å²) in [7, 11) is 0. The van der Waals surface area contributed by atoms with Gasteiger partial charge in [0.25, 0.3) is 0 Å². The molecule has 2 aromatic rings. The predicted octanol–water partition coefficient (Wildman–Crippen LogP) is 4.38. The molecule has 0 heterocycles. The normalized spacial score (nSPS) is 11.9. The summed E-state index contributed by atoms with van der Waals surface area (Å²) >= 11 is 0. The molecule has 0 aromatic heterocycles. The summed E-state index contributed by atoms with van der Waals surface area (Å²) in [5.74, 6) is 2.52. The van der Waals surface area contributed by atoms with Crippen LogP contribution in [0.1, 0.15) is 26.2 Å². The lowest BCUT2D eigenvalue weighted by molar-refractivity contribution is 0.303. The summed E-state index contributed by atoms with van der Waals surface area (Å²) in [4.78, 5) is 0. The van der Waals surface area contributed by atoms with Gasteiger partial charge in [0.15, 0.2) is 0 Å². The lowest BCUT2D eigenvalue weighted by atomic mass is 10.1. The highest BCUT2D eigenvalue weighted by atomic mass is 16.5. The minimum absolute atomic E-state index is 0.277. The van der Waals surface area contributed by atoms with Crippen molar-refractivity contribution in [3.05, 3.63) is 54.6 Å². The average Bonchev–Trinajstić information content (AvgIpc) is 2.49. The van der Waals surface area contributed by atoms with Crippen LogP contribution in [0.25, 0.3) is 0 Å². The van der Waals surface area contributed by atoms with Crippen molar-refractivity contribution in [1.29, 1.82) is 0 Å². The zero-order chi connectivity index (χ0) is 14.9. The highest BCUT2D eigenvalue weighted by molar-refractivity contribution is 5.35. The molecule has 21 heavy (non-hydrogen) atoms. The van der Waals surface area contributed by atoms with E-state index in [4.69, 9.17) is 15.2 Å². The van der Waals surface area contributed by atoms with Gasteiger partial charge < -0.3 is 15.2 Å². The minimum Gasteiger partial charge on any atom is -0.494 e. The number of unbranched alkanes of at least 4 members (excludes halogenated alkanes) is 1. The van der Waals surface area contributed by atoms with Crippen LogP contribution in [0.15, 0.2) is 54.6 Å². The number of para-hydroxylation sites is 1. The SMILES string of the molecule is CC(N)CCCCOc1ccc(Oc2ccccc2)cc1. The molecule has 1 unspecified atom stereocenters. The molecule has 3 nitrogen and oxygen atoms in total. The van der Waals surface area contributed by atoms with E-state index in [1.807, 2.05) is 61.5 Å². The van der Waals surface area contributed by atoms with E-state index in [-0.39, 0.29) is 6.04 Å². The smallest absolute Gasteiger partial charge is 0.127 e. The Morgan fingerprint density at radius 2 is 1.48 bits per heavy atom. The molecule has 0 amide bonds. The van der Waals surface area contributed by atoms with Crippen LogP contribution in [-0.4, -0.2) is 12.6 Å².